The number of piperidine rings is 1. The predicted octanol–water partition coefficient (Wildman–Crippen LogP) is 3.14. The summed E-state index contributed by atoms with van der Waals surface area (Å²) in [6.45, 7) is 8.44. The minimum atomic E-state index is -0.622. The number of aliphatic carboxylic acids is 1. The fraction of sp³-hybridized carbons (Fsp3) is 0.933. The van der Waals surface area contributed by atoms with Crippen molar-refractivity contribution in [3.05, 3.63) is 0 Å². The third kappa shape index (κ3) is 2.87. The number of nitrogens with zero attached hydrogens (tertiary/aromatic N) is 1. The number of rotatable bonds is 2. The first kappa shape index (κ1) is 13.9. The molecule has 0 amide bonds. The average molecular weight is 253 g/mol. The van der Waals surface area contributed by atoms with Gasteiger partial charge in [0.05, 0.1) is 5.41 Å². The average Bonchev–Trinajstić information content (AvgIpc) is 2.28. The second-order valence-electron chi connectivity index (χ2n) is 7.34. The van der Waals surface area contributed by atoms with E-state index in [-0.39, 0.29) is 0 Å². The van der Waals surface area contributed by atoms with E-state index in [0.717, 1.165) is 25.9 Å². The Kier molecular flexibility index (Phi) is 3.72. The van der Waals surface area contributed by atoms with Crippen molar-refractivity contribution in [2.24, 2.45) is 10.8 Å². The van der Waals surface area contributed by atoms with Gasteiger partial charge in [0.15, 0.2) is 0 Å². The highest BCUT2D eigenvalue weighted by molar-refractivity contribution is 5.74. The van der Waals surface area contributed by atoms with Crippen LogP contribution in [0.4, 0.5) is 0 Å². The SMILES string of the molecule is CC1(C)CCC(N2CCCC(C)(C(=O)O)C2)CC1. The maximum Gasteiger partial charge on any atom is 0.310 e. The molecule has 18 heavy (non-hydrogen) atoms. The van der Waals surface area contributed by atoms with Crippen LogP contribution in [-0.2, 0) is 4.79 Å². The molecular formula is C15H27NO2. The van der Waals surface area contributed by atoms with Gasteiger partial charge in [0, 0.05) is 12.6 Å². The van der Waals surface area contributed by atoms with E-state index in [1.165, 1.54) is 25.7 Å². The van der Waals surface area contributed by atoms with E-state index < -0.39 is 11.4 Å². The van der Waals surface area contributed by atoms with Crippen LogP contribution in [0, 0.1) is 10.8 Å². The minimum absolute atomic E-state index is 0.488. The van der Waals surface area contributed by atoms with E-state index in [0.29, 0.717) is 11.5 Å². The number of carboxylic acid groups (broad SMARTS) is 1. The van der Waals surface area contributed by atoms with Gasteiger partial charge < -0.3 is 5.11 Å². The highest BCUT2D eigenvalue weighted by atomic mass is 16.4. The first-order valence-corrected chi connectivity index (χ1v) is 7.30. The molecular weight excluding hydrogens is 226 g/mol. The van der Waals surface area contributed by atoms with Crippen LogP contribution in [-0.4, -0.2) is 35.1 Å². The molecule has 1 atom stereocenters. The van der Waals surface area contributed by atoms with E-state index >= 15 is 0 Å². The molecule has 104 valence electrons. The first-order chi connectivity index (χ1) is 8.32. The molecule has 1 saturated carbocycles. The lowest BCUT2D eigenvalue weighted by Crippen LogP contribution is -2.51. The number of carboxylic acids is 1. The predicted molar refractivity (Wildman–Crippen MR) is 72.6 cm³/mol. The summed E-state index contributed by atoms with van der Waals surface area (Å²) in [5.74, 6) is -0.622. The molecule has 0 aromatic heterocycles. The molecule has 1 aliphatic carbocycles. The molecule has 0 aromatic rings. The van der Waals surface area contributed by atoms with Crippen LogP contribution in [0.25, 0.3) is 0 Å². The van der Waals surface area contributed by atoms with Crippen LogP contribution >= 0.6 is 0 Å². The van der Waals surface area contributed by atoms with Gasteiger partial charge in [-0.25, -0.2) is 0 Å². The normalized spacial score (nSPS) is 34.4. The van der Waals surface area contributed by atoms with Gasteiger partial charge in [0.1, 0.15) is 0 Å². The molecule has 2 fully saturated rings. The quantitative estimate of drug-likeness (QED) is 0.822. The zero-order valence-electron chi connectivity index (χ0n) is 12.0. The Morgan fingerprint density at radius 3 is 2.33 bits per heavy atom. The summed E-state index contributed by atoms with van der Waals surface area (Å²) in [6, 6.07) is 0.622. The fourth-order valence-corrected chi connectivity index (χ4v) is 3.51. The van der Waals surface area contributed by atoms with Crippen molar-refractivity contribution in [2.45, 2.75) is 65.3 Å². The summed E-state index contributed by atoms with van der Waals surface area (Å²) in [5.41, 5.74) is -0.0341. The number of hydrogen-bond donors (Lipinski definition) is 1. The van der Waals surface area contributed by atoms with E-state index in [9.17, 15) is 9.90 Å². The standard InChI is InChI=1S/C15H27NO2/c1-14(2)8-5-12(6-9-14)16-10-4-7-15(3,11-16)13(17)18/h12H,4-11H2,1-3H3,(H,17,18). The summed E-state index contributed by atoms with van der Waals surface area (Å²) < 4.78 is 0. The minimum Gasteiger partial charge on any atom is -0.481 e. The largest absolute Gasteiger partial charge is 0.481 e. The topological polar surface area (TPSA) is 40.5 Å². The molecule has 2 aliphatic rings. The van der Waals surface area contributed by atoms with Crippen molar-refractivity contribution in [2.75, 3.05) is 13.1 Å². The molecule has 0 radical (unpaired) electrons. The Labute approximate surface area is 111 Å². The zero-order chi connectivity index (χ0) is 13.4. The van der Waals surface area contributed by atoms with Crippen molar-refractivity contribution in [1.29, 1.82) is 0 Å². The fourth-order valence-electron chi connectivity index (χ4n) is 3.51. The summed E-state index contributed by atoms with van der Waals surface area (Å²) in [7, 11) is 0. The van der Waals surface area contributed by atoms with Crippen molar-refractivity contribution in [3.8, 4) is 0 Å². The van der Waals surface area contributed by atoms with Crippen molar-refractivity contribution in [3.63, 3.8) is 0 Å². The van der Waals surface area contributed by atoms with E-state index in [4.69, 9.17) is 0 Å². The molecule has 1 heterocycles. The van der Waals surface area contributed by atoms with Gasteiger partial charge in [0.2, 0.25) is 0 Å². The van der Waals surface area contributed by atoms with Gasteiger partial charge in [-0.05, 0) is 57.4 Å². The number of likely N-dealkylation sites (tertiary alicyclic amines) is 1. The lowest BCUT2D eigenvalue weighted by Gasteiger charge is -2.45. The van der Waals surface area contributed by atoms with Gasteiger partial charge >= 0.3 is 5.97 Å². The third-order valence-electron chi connectivity index (χ3n) is 5.07. The second-order valence-corrected chi connectivity index (χ2v) is 7.34. The van der Waals surface area contributed by atoms with E-state index in [1.807, 2.05) is 6.92 Å². The maximum absolute atomic E-state index is 11.4. The van der Waals surface area contributed by atoms with Gasteiger partial charge in [-0.1, -0.05) is 13.8 Å². The van der Waals surface area contributed by atoms with Gasteiger partial charge in [0.25, 0.3) is 0 Å². The van der Waals surface area contributed by atoms with Crippen LogP contribution < -0.4 is 0 Å². The Hall–Kier alpha value is -0.570. The van der Waals surface area contributed by atoms with E-state index in [2.05, 4.69) is 18.7 Å². The molecule has 1 unspecified atom stereocenters. The second kappa shape index (κ2) is 4.84. The van der Waals surface area contributed by atoms with Crippen molar-refractivity contribution < 1.29 is 9.90 Å². The highest BCUT2D eigenvalue weighted by Gasteiger charge is 2.40. The Morgan fingerprint density at radius 1 is 1.17 bits per heavy atom. The van der Waals surface area contributed by atoms with Crippen LogP contribution in [0.3, 0.4) is 0 Å². The molecule has 2 rings (SSSR count). The lowest BCUT2D eigenvalue weighted by molar-refractivity contribution is -0.152. The van der Waals surface area contributed by atoms with Crippen molar-refractivity contribution in [1.82, 2.24) is 4.90 Å². The van der Waals surface area contributed by atoms with Crippen LogP contribution in [0.5, 0.6) is 0 Å². The Bertz CT molecular complexity index is 316. The molecule has 0 spiro atoms. The third-order valence-corrected chi connectivity index (χ3v) is 5.07. The lowest BCUT2D eigenvalue weighted by atomic mass is 9.74. The van der Waals surface area contributed by atoms with Crippen LogP contribution in [0.2, 0.25) is 0 Å². The molecule has 0 bridgehead atoms. The summed E-state index contributed by atoms with van der Waals surface area (Å²) in [5, 5.41) is 9.37. The molecule has 1 saturated heterocycles. The van der Waals surface area contributed by atoms with Gasteiger partial charge in [-0.2, -0.15) is 0 Å². The van der Waals surface area contributed by atoms with Crippen LogP contribution in [0.15, 0.2) is 0 Å². The Balaban J connectivity index is 1.96. The Morgan fingerprint density at radius 2 is 1.78 bits per heavy atom. The summed E-state index contributed by atoms with van der Waals surface area (Å²) >= 11 is 0. The van der Waals surface area contributed by atoms with E-state index in [1.54, 1.807) is 0 Å². The molecule has 1 aliphatic heterocycles. The zero-order valence-corrected chi connectivity index (χ0v) is 12.0. The number of hydrogen-bond acceptors (Lipinski definition) is 2. The van der Waals surface area contributed by atoms with Gasteiger partial charge in [-0.15, -0.1) is 0 Å². The first-order valence-electron chi connectivity index (χ1n) is 7.30. The van der Waals surface area contributed by atoms with Crippen LogP contribution in [0.1, 0.15) is 59.3 Å². The number of carbonyl (C=O) groups is 1. The smallest absolute Gasteiger partial charge is 0.310 e. The molecule has 0 aromatic carbocycles. The molecule has 1 N–H and O–H groups in total. The van der Waals surface area contributed by atoms with Crippen molar-refractivity contribution >= 4 is 5.97 Å². The summed E-state index contributed by atoms with van der Waals surface area (Å²) in [6.07, 6.45) is 6.89. The molecule has 3 nitrogen and oxygen atoms in total. The monoisotopic (exact) mass is 253 g/mol. The highest BCUT2D eigenvalue weighted by Crippen LogP contribution is 2.39. The van der Waals surface area contributed by atoms with Gasteiger partial charge in [-0.3, -0.25) is 9.69 Å². The maximum atomic E-state index is 11.4. The molecule has 3 heteroatoms. The summed E-state index contributed by atoms with van der Waals surface area (Å²) in [4.78, 5) is 13.8.